The van der Waals surface area contributed by atoms with E-state index in [1.807, 2.05) is 24.3 Å². The highest BCUT2D eigenvalue weighted by molar-refractivity contribution is 6.23. The first kappa shape index (κ1) is 33.8. The van der Waals surface area contributed by atoms with Crippen LogP contribution in [0.2, 0.25) is 0 Å². The summed E-state index contributed by atoms with van der Waals surface area (Å²) in [5, 5.41) is 15.1. The fourth-order valence-corrected chi connectivity index (χ4v) is 9.03. The first-order chi connectivity index (χ1) is 24.6. The average molecular weight is 697 g/mol. The lowest BCUT2D eigenvalue weighted by Crippen LogP contribution is -2.63. The summed E-state index contributed by atoms with van der Waals surface area (Å²) in [4.78, 5) is 61.6. The second-order valence-electron chi connectivity index (χ2n) is 15.0. The molecule has 0 spiro atoms. The van der Waals surface area contributed by atoms with Gasteiger partial charge in [0.05, 0.1) is 22.8 Å². The van der Waals surface area contributed by atoms with Crippen LogP contribution in [0.1, 0.15) is 71.9 Å². The Morgan fingerprint density at radius 2 is 1.65 bits per heavy atom. The van der Waals surface area contributed by atoms with E-state index >= 15 is 0 Å². The van der Waals surface area contributed by atoms with Gasteiger partial charge in [0.1, 0.15) is 6.04 Å². The second kappa shape index (κ2) is 13.6. The molecule has 5 atom stereocenters. The van der Waals surface area contributed by atoms with Crippen molar-refractivity contribution in [2.24, 2.45) is 0 Å². The van der Waals surface area contributed by atoms with Gasteiger partial charge >= 0.3 is 0 Å². The minimum absolute atomic E-state index is 0.105. The molecule has 0 radical (unpaired) electrons. The first-order valence-electron chi connectivity index (χ1n) is 18.4. The van der Waals surface area contributed by atoms with Crippen molar-refractivity contribution in [1.82, 2.24) is 40.4 Å². The standard InChI is InChI=1S/C37H48N10O4/c1-22-20-45(32-17-24(9-10-39-32)34-29-18-25(38)3-6-30(29)41-42-34)21-23(2)46(22)16-13-43-11-14-44(15-12-43)26-4-5-27-28(19-26)37(51)47(36(27)50)31-7-8-33(48)40-35(31)49/h3-6,18-19,22-24,31-32,39H,7-17,20-21,38H2,1-2H3,(H,41,42)(H,40,48,49)/t22-,23+,24?,31?,32?. The van der Waals surface area contributed by atoms with Crippen molar-refractivity contribution in [3.63, 3.8) is 0 Å². The summed E-state index contributed by atoms with van der Waals surface area (Å²) in [7, 11) is 0. The van der Waals surface area contributed by atoms with Crippen LogP contribution in [0.3, 0.4) is 0 Å². The van der Waals surface area contributed by atoms with Crippen molar-refractivity contribution in [3.8, 4) is 0 Å². The van der Waals surface area contributed by atoms with Gasteiger partial charge in [0.2, 0.25) is 11.8 Å². The van der Waals surface area contributed by atoms with E-state index in [0.717, 1.165) is 98.9 Å². The Morgan fingerprint density at radius 3 is 2.41 bits per heavy atom. The number of fused-ring (bicyclic) bond motifs is 2. The summed E-state index contributed by atoms with van der Waals surface area (Å²) in [6.45, 7) is 13.2. The van der Waals surface area contributed by atoms with Gasteiger partial charge in [-0.05, 0) is 76.1 Å². The lowest BCUT2D eigenvalue weighted by atomic mass is 9.89. The SMILES string of the molecule is C[C@@H]1CN(C2CC(c3[nH]nc4ccc(N)cc34)CCN2)C[C@H](C)N1CCN1CCN(c2ccc3c(c2)C(=O)N(C2CCC(=O)NC2=O)C3=O)CC1. The molecule has 14 heteroatoms. The highest BCUT2D eigenvalue weighted by Gasteiger charge is 2.45. The lowest BCUT2D eigenvalue weighted by Gasteiger charge is -2.49. The quantitative estimate of drug-likeness (QED) is 0.210. The van der Waals surface area contributed by atoms with Crippen molar-refractivity contribution in [1.29, 1.82) is 0 Å². The van der Waals surface area contributed by atoms with Crippen LogP contribution in [-0.2, 0) is 9.59 Å². The van der Waals surface area contributed by atoms with Crippen LogP contribution in [-0.4, -0.2) is 137 Å². The fourth-order valence-electron chi connectivity index (χ4n) is 9.03. The number of amides is 4. The molecule has 5 N–H and O–H groups in total. The molecule has 14 nitrogen and oxygen atoms in total. The minimum atomic E-state index is -0.957. The number of nitrogens with two attached hydrogens (primary N) is 1. The fraction of sp³-hybridized carbons (Fsp3) is 0.541. The maximum atomic E-state index is 13.3. The molecule has 4 saturated heterocycles. The van der Waals surface area contributed by atoms with Gasteiger partial charge in [-0.1, -0.05) is 0 Å². The second-order valence-corrected chi connectivity index (χ2v) is 15.0. The van der Waals surface area contributed by atoms with E-state index in [1.165, 1.54) is 5.69 Å². The van der Waals surface area contributed by atoms with Crippen LogP contribution < -0.4 is 21.3 Å². The van der Waals surface area contributed by atoms with Crippen molar-refractivity contribution in [2.75, 3.05) is 69.5 Å². The van der Waals surface area contributed by atoms with E-state index in [2.05, 4.69) is 54.3 Å². The smallest absolute Gasteiger partial charge is 0.262 e. The number of piperazine rings is 2. The molecule has 4 amide bonds. The number of nitrogens with one attached hydrogen (secondary N) is 3. The number of nitrogen functional groups attached to an aromatic ring is 1. The number of hydrogen-bond donors (Lipinski definition) is 4. The summed E-state index contributed by atoms with van der Waals surface area (Å²) in [5.74, 6) is -1.50. The van der Waals surface area contributed by atoms with Gasteiger partial charge in [-0.2, -0.15) is 5.10 Å². The number of aromatic nitrogens is 2. The van der Waals surface area contributed by atoms with Gasteiger partial charge in [0.15, 0.2) is 0 Å². The highest BCUT2D eigenvalue weighted by atomic mass is 16.2. The molecule has 8 rings (SSSR count). The van der Waals surface area contributed by atoms with Gasteiger partial charge in [-0.15, -0.1) is 0 Å². The molecule has 1 aromatic heterocycles. The average Bonchev–Trinajstić information content (AvgIpc) is 3.65. The third-order valence-electron chi connectivity index (χ3n) is 11.8. The van der Waals surface area contributed by atoms with Crippen molar-refractivity contribution >= 4 is 45.9 Å². The van der Waals surface area contributed by atoms with E-state index in [9.17, 15) is 19.2 Å². The van der Waals surface area contributed by atoms with Gasteiger partial charge in [0, 0.05) is 99.2 Å². The van der Waals surface area contributed by atoms with Crippen molar-refractivity contribution < 1.29 is 19.2 Å². The predicted molar refractivity (Wildman–Crippen MR) is 193 cm³/mol. The zero-order chi connectivity index (χ0) is 35.4. The Kier molecular flexibility index (Phi) is 9.03. The molecule has 0 aliphatic carbocycles. The lowest BCUT2D eigenvalue weighted by molar-refractivity contribution is -0.136. The third-order valence-corrected chi connectivity index (χ3v) is 11.8. The molecule has 0 bridgehead atoms. The van der Waals surface area contributed by atoms with Gasteiger partial charge < -0.3 is 16.0 Å². The maximum Gasteiger partial charge on any atom is 0.262 e. The monoisotopic (exact) mass is 696 g/mol. The number of piperidine rings is 2. The number of H-pyrrole nitrogens is 1. The number of carbonyl (C=O) groups excluding carboxylic acids is 4. The number of rotatable bonds is 7. The molecule has 2 aromatic carbocycles. The summed E-state index contributed by atoms with van der Waals surface area (Å²) in [5.41, 5.74) is 10.6. The van der Waals surface area contributed by atoms with E-state index in [1.54, 1.807) is 12.1 Å². The number of nitrogens with zero attached hydrogens (tertiary/aromatic N) is 6. The first-order valence-corrected chi connectivity index (χ1v) is 18.4. The molecule has 270 valence electrons. The highest BCUT2D eigenvalue weighted by Crippen LogP contribution is 2.34. The van der Waals surface area contributed by atoms with E-state index in [4.69, 9.17) is 5.73 Å². The zero-order valence-corrected chi connectivity index (χ0v) is 29.4. The molecular weight excluding hydrogens is 648 g/mol. The maximum absolute atomic E-state index is 13.3. The molecule has 6 heterocycles. The van der Waals surface area contributed by atoms with Gasteiger partial charge in [0.25, 0.3) is 11.8 Å². The summed E-state index contributed by atoms with van der Waals surface area (Å²) in [6, 6.07) is 11.3. The Balaban J connectivity index is 0.828. The van der Waals surface area contributed by atoms with Crippen LogP contribution in [0.15, 0.2) is 36.4 Å². The number of hydrogen-bond acceptors (Lipinski definition) is 11. The number of benzene rings is 2. The Hall–Kier alpha value is -4.37. The summed E-state index contributed by atoms with van der Waals surface area (Å²) in [6.07, 6.45) is 2.71. The van der Waals surface area contributed by atoms with Crippen LogP contribution in [0.25, 0.3) is 10.9 Å². The molecule has 51 heavy (non-hydrogen) atoms. The number of anilines is 2. The summed E-state index contributed by atoms with van der Waals surface area (Å²) < 4.78 is 0. The Bertz CT molecular complexity index is 1840. The molecule has 4 fully saturated rings. The van der Waals surface area contributed by atoms with E-state index in [-0.39, 0.29) is 18.7 Å². The third kappa shape index (κ3) is 6.39. The van der Waals surface area contributed by atoms with Gasteiger partial charge in [-0.3, -0.25) is 49.2 Å². The number of imide groups is 2. The van der Waals surface area contributed by atoms with Gasteiger partial charge in [-0.25, -0.2) is 0 Å². The minimum Gasteiger partial charge on any atom is -0.399 e. The van der Waals surface area contributed by atoms with Crippen LogP contribution in [0.5, 0.6) is 0 Å². The van der Waals surface area contributed by atoms with E-state index in [0.29, 0.717) is 35.3 Å². The molecule has 0 saturated carbocycles. The van der Waals surface area contributed by atoms with Crippen LogP contribution in [0.4, 0.5) is 11.4 Å². The molecule has 3 unspecified atom stereocenters. The molecule has 5 aliphatic rings. The Morgan fingerprint density at radius 1 is 0.882 bits per heavy atom. The van der Waals surface area contributed by atoms with Crippen LogP contribution in [0, 0.1) is 0 Å². The summed E-state index contributed by atoms with van der Waals surface area (Å²) >= 11 is 0. The predicted octanol–water partition coefficient (Wildman–Crippen LogP) is 1.56. The molecular formula is C37H48N10O4. The van der Waals surface area contributed by atoms with E-state index < -0.39 is 23.8 Å². The largest absolute Gasteiger partial charge is 0.399 e. The van der Waals surface area contributed by atoms with Crippen molar-refractivity contribution in [3.05, 3.63) is 53.2 Å². The zero-order valence-electron chi connectivity index (χ0n) is 29.4. The Labute approximate surface area is 297 Å². The molecule has 5 aliphatic heterocycles. The topological polar surface area (TPSA) is 163 Å². The number of aromatic amines is 1. The molecule has 3 aromatic rings. The number of carbonyl (C=O) groups is 4. The van der Waals surface area contributed by atoms with Crippen LogP contribution >= 0.6 is 0 Å². The van der Waals surface area contributed by atoms with Crippen molar-refractivity contribution in [2.45, 2.75) is 69.7 Å². The normalized spacial score (nSPS) is 28.5.